The monoisotopic (exact) mass is 593 g/mol. The van der Waals surface area contributed by atoms with E-state index in [0.717, 1.165) is 16.7 Å². The van der Waals surface area contributed by atoms with Gasteiger partial charge in [0, 0.05) is 51.3 Å². The smallest absolute Gasteiger partial charge is 0.353 e. The lowest BCUT2D eigenvalue weighted by Gasteiger charge is -2.38. The number of nitrogens with zero attached hydrogens (tertiary/aromatic N) is 3. The number of benzene rings is 2. The second-order valence-electron chi connectivity index (χ2n) is 10.4. The number of hydrogen-bond acceptors (Lipinski definition) is 8. The van der Waals surface area contributed by atoms with Gasteiger partial charge in [-0.15, -0.1) is 0 Å². The maximum Gasteiger partial charge on any atom is 0.353 e. The molecular formula is C30H35N5O6S. The summed E-state index contributed by atoms with van der Waals surface area (Å²) in [5.74, 6) is -1.43. The van der Waals surface area contributed by atoms with Crippen LogP contribution in [0.1, 0.15) is 36.0 Å². The molecule has 0 bridgehead atoms. The molecule has 222 valence electrons. The van der Waals surface area contributed by atoms with Crippen molar-refractivity contribution in [3.8, 4) is 0 Å². The molecule has 1 atom stereocenters. The van der Waals surface area contributed by atoms with Crippen LogP contribution in [0.4, 0.5) is 0 Å². The first kappa shape index (κ1) is 30.8. The molecule has 1 aromatic heterocycles. The van der Waals surface area contributed by atoms with Gasteiger partial charge in [-0.2, -0.15) is 4.72 Å². The summed E-state index contributed by atoms with van der Waals surface area (Å²) in [5, 5.41) is 12.8. The van der Waals surface area contributed by atoms with Gasteiger partial charge in [0.2, 0.25) is 15.9 Å². The second kappa shape index (κ2) is 13.7. The third-order valence-electron chi connectivity index (χ3n) is 7.24. The zero-order chi connectivity index (χ0) is 30.2. The minimum atomic E-state index is -3.92. The Morgan fingerprint density at radius 3 is 2.26 bits per heavy atom. The topological polar surface area (TPSA) is 164 Å². The van der Waals surface area contributed by atoms with Crippen molar-refractivity contribution in [3.05, 3.63) is 95.8 Å². The minimum absolute atomic E-state index is 0.0208. The Morgan fingerprint density at radius 1 is 1.05 bits per heavy atom. The molecule has 0 aliphatic carbocycles. The fourth-order valence-corrected chi connectivity index (χ4v) is 5.97. The fraction of sp³-hybridized carbons (Fsp3) is 0.333. The van der Waals surface area contributed by atoms with Crippen molar-refractivity contribution in [2.24, 2.45) is 10.9 Å². The Balaban J connectivity index is 0.000000437. The van der Waals surface area contributed by atoms with Crippen LogP contribution in [0.3, 0.4) is 0 Å². The van der Waals surface area contributed by atoms with Gasteiger partial charge in [0.1, 0.15) is 11.6 Å². The number of hydrogen-bond donors (Lipinski definition) is 3. The van der Waals surface area contributed by atoms with E-state index in [1.165, 1.54) is 12.1 Å². The molecule has 4 N–H and O–H groups in total. The minimum Gasteiger partial charge on any atom is -0.477 e. The average Bonchev–Trinajstić information content (AvgIpc) is 3.42. The van der Waals surface area contributed by atoms with Gasteiger partial charge in [-0.1, -0.05) is 59.3 Å². The molecule has 1 spiro atoms. The van der Waals surface area contributed by atoms with Crippen LogP contribution < -0.4 is 10.5 Å². The van der Waals surface area contributed by atoms with Crippen LogP contribution in [0.5, 0.6) is 0 Å². The Kier molecular flexibility index (Phi) is 10.0. The summed E-state index contributed by atoms with van der Waals surface area (Å²) >= 11 is 0. The van der Waals surface area contributed by atoms with Crippen LogP contribution in [0.25, 0.3) is 0 Å². The highest BCUT2D eigenvalue weighted by Crippen LogP contribution is 2.35. The van der Waals surface area contributed by atoms with E-state index in [9.17, 15) is 18.0 Å². The number of carboxylic acids is 1. The van der Waals surface area contributed by atoms with E-state index in [-0.39, 0.29) is 29.4 Å². The maximum absolute atomic E-state index is 13.5. The van der Waals surface area contributed by atoms with Gasteiger partial charge in [0.05, 0.1) is 4.90 Å². The van der Waals surface area contributed by atoms with E-state index < -0.39 is 27.6 Å². The first-order valence-corrected chi connectivity index (χ1v) is 15.1. The number of oxime groups is 1. The van der Waals surface area contributed by atoms with E-state index in [0.29, 0.717) is 32.5 Å². The summed E-state index contributed by atoms with van der Waals surface area (Å²) < 4.78 is 28.7. The van der Waals surface area contributed by atoms with Crippen LogP contribution in [-0.2, 0) is 37.4 Å². The highest BCUT2D eigenvalue weighted by Gasteiger charge is 2.45. The molecule has 1 unspecified atom stereocenters. The summed E-state index contributed by atoms with van der Waals surface area (Å²) in [5.41, 5.74) is 7.41. The van der Waals surface area contributed by atoms with Crippen molar-refractivity contribution in [2.75, 3.05) is 13.1 Å². The molecular weight excluding hydrogens is 558 g/mol. The fourth-order valence-electron chi connectivity index (χ4n) is 4.78. The predicted octanol–water partition coefficient (Wildman–Crippen LogP) is 2.65. The molecule has 1 amide bonds. The molecule has 2 aliphatic heterocycles. The number of nitrogens with two attached hydrogens (primary N) is 1. The first-order chi connectivity index (χ1) is 20.1. The van der Waals surface area contributed by atoms with E-state index in [2.05, 4.69) is 14.9 Å². The van der Waals surface area contributed by atoms with Crippen LogP contribution in [0, 0.1) is 6.92 Å². The molecule has 3 aromatic rings. The number of aromatic nitrogens is 1. The first-order valence-electron chi connectivity index (χ1n) is 13.6. The van der Waals surface area contributed by atoms with Gasteiger partial charge in [0.15, 0.2) is 5.71 Å². The van der Waals surface area contributed by atoms with Crippen molar-refractivity contribution >= 4 is 27.6 Å². The molecule has 0 radical (unpaired) electrons. The molecule has 11 nitrogen and oxygen atoms in total. The highest BCUT2D eigenvalue weighted by molar-refractivity contribution is 7.89. The number of aliphatic carboxylic acids is 1. The molecule has 2 aliphatic rings. The summed E-state index contributed by atoms with van der Waals surface area (Å²) in [6.45, 7) is 3.08. The van der Waals surface area contributed by atoms with Gasteiger partial charge < -0.3 is 20.6 Å². The average molecular weight is 594 g/mol. The summed E-state index contributed by atoms with van der Waals surface area (Å²) in [7, 11) is -3.92. The molecule has 1 fully saturated rings. The van der Waals surface area contributed by atoms with Gasteiger partial charge in [-0.05, 0) is 42.7 Å². The lowest BCUT2D eigenvalue weighted by molar-refractivity contribution is -0.138. The van der Waals surface area contributed by atoms with Crippen molar-refractivity contribution in [2.45, 2.75) is 55.7 Å². The number of piperidine rings is 1. The third kappa shape index (κ3) is 7.99. The van der Waals surface area contributed by atoms with Crippen molar-refractivity contribution < 1.29 is 28.0 Å². The summed E-state index contributed by atoms with van der Waals surface area (Å²) in [6.07, 6.45) is 4.73. The predicted molar refractivity (Wildman–Crippen MR) is 157 cm³/mol. The number of rotatable bonds is 8. The van der Waals surface area contributed by atoms with Crippen molar-refractivity contribution in [1.29, 1.82) is 0 Å². The number of sulfonamides is 1. The zero-order valence-electron chi connectivity index (χ0n) is 23.3. The van der Waals surface area contributed by atoms with Crippen molar-refractivity contribution in [1.82, 2.24) is 14.6 Å². The number of carboxylic acid groups (broad SMARTS) is 1. The Labute approximate surface area is 245 Å². The van der Waals surface area contributed by atoms with E-state index in [1.807, 2.05) is 49.4 Å². The normalized spacial score (nSPS) is 16.5. The van der Waals surface area contributed by atoms with Crippen LogP contribution >= 0.6 is 0 Å². The quantitative estimate of drug-likeness (QED) is 0.359. The lowest BCUT2D eigenvalue weighted by Crippen LogP contribution is -2.54. The van der Waals surface area contributed by atoms with Gasteiger partial charge >= 0.3 is 5.97 Å². The molecule has 1 saturated heterocycles. The van der Waals surface area contributed by atoms with E-state index in [4.69, 9.17) is 15.7 Å². The second-order valence-corrected chi connectivity index (χ2v) is 12.1. The van der Waals surface area contributed by atoms with Crippen LogP contribution in [0.2, 0.25) is 0 Å². The molecule has 12 heteroatoms. The van der Waals surface area contributed by atoms with Gasteiger partial charge in [-0.25, -0.2) is 13.2 Å². The maximum atomic E-state index is 13.5. The zero-order valence-corrected chi connectivity index (χ0v) is 24.2. The van der Waals surface area contributed by atoms with Crippen LogP contribution in [-0.4, -0.2) is 65.7 Å². The number of aryl methyl sites for hydroxylation is 1. The number of nitrogens with one attached hydrogen (secondary N) is 1. The highest BCUT2D eigenvalue weighted by atomic mass is 32.2. The Morgan fingerprint density at radius 2 is 1.71 bits per heavy atom. The third-order valence-corrected chi connectivity index (χ3v) is 8.73. The number of likely N-dealkylation sites (tertiary alicyclic amines) is 1. The molecule has 2 aromatic carbocycles. The Bertz CT molecular complexity index is 1490. The summed E-state index contributed by atoms with van der Waals surface area (Å²) in [4.78, 5) is 35.7. The number of pyridine rings is 1. The van der Waals surface area contributed by atoms with Gasteiger partial charge in [-0.3, -0.25) is 9.78 Å². The SMILES string of the molecule is Cc1ccc(S(=O)(=O)NC(Cc2ccccc2)C(=O)N2CCC3(CC2)CC(C(=O)O)=NO3)cc1.NCc1cccnc1. The number of carbonyl (C=O) groups is 2. The number of carbonyl (C=O) groups excluding carboxylic acids is 1. The van der Waals surface area contributed by atoms with E-state index >= 15 is 0 Å². The molecule has 3 heterocycles. The molecule has 42 heavy (non-hydrogen) atoms. The lowest BCUT2D eigenvalue weighted by atomic mass is 9.86. The summed E-state index contributed by atoms with van der Waals surface area (Å²) in [6, 6.07) is 18.5. The van der Waals surface area contributed by atoms with Crippen molar-refractivity contribution in [3.63, 3.8) is 0 Å². The largest absolute Gasteiger partial charge is 0.477 e. The number of amides is 1. The Hall–Kier alpha value is -4.13. The standard InChI is InChI=1S/C24H27N3O6S.C6H8N2/c1-17-7-9-19(10-8-17)34(31,32)26-20(15-18-5-3-2-4-6-18)22(28)27-13-11-24(12-14-27)16-21(23(29)30)25-33-24;7-4-6-2-1-3-8-5-6/h2-10,20,26H,11-16H2,1H3,(H,29,30);1-3,5H,4,7H2. The molecule has 0 saturated carbocycles. The van der Waals surface area contributed by atoms with Gasteiger partial charge in [0.25, 0.3) is 0 Å². The molecule has 5 rings (SSSR count). The van der Waals surface area contributed by atoms with Crippen LogP contribution in [0.15, 0.2) is 89.2 Å². The van der Waals surface area contributed by atoms with E-state index in [1.54, 1.807) is 29.4 Å².